The molecule has 70 valence electrons. The first-order valence-corrected chi connectivity index (χ1v) is 4.42. The van der Waals surface area contributed by atoms with Crippen molar-refractivity contribution in [3.63, 3.8) is 0 Å². The zero-order chi connectivity index (χ0) is 9.35. The molecule has 3 heteroatoms. The van der Waals surface area contributed by atoms with Gasteiger partial charge >= 0.3 is 0 Å². The Labute approximate surface area is 74.1 Å². The fourth-order valence-corrected chi connectivity index (χ4v) is 1.39. The lowest BCUT2D eigenvalue weighted by atomic mass is 9.96. The van der Waals surface area contributed by atoms with E-state index in [-0.39, 0.29) is 17.4 Å². The fraction of sp³-hybridized carbons (Fsp3) is 0.889. The minimum Gasteiger partial charge on any atom is -0.328 e. The molecule has 0 aromatic carbocycles. The van der Waals surface area contributed by atoms with Gasteiger partial charge < -0.3 is 4.90 Å². The van der Waals surface area contributed by atoms with E-state index in [0.29, 0.717) is 6.67 Å². The predicted molar refractivity (Wildman–Crippen MR) is 48.6 cm³/mol. The van der Waals surface area contributed by atoms with Crippen LogP contribution in [0, 0.1) is 5.41 Å². The summed E-state index contributed by atoms with van der Waals surface area (Å²) in [6, 6.07) is 0.00681. The van der Waals surface area contributed by atoms with Crippen LogP contribution in [-0.2, 0) is 4.79 Å². The van der Waals surface area contributed by atoms with Gasteiger partial charge in [0.15, 0.2) is 0 Å². The monoisotopic (exact) mass is 170 g/mol. The molecule has 1 atom stereocenters. The maximum atomic E-state index is 11.4. The summed E-state index contributed by atoms with van der Waals surface area (Å²) >= 11 is 0. The SMILES string of the molecule is CC1NCN(CC(C)(C)C)C1=O. The second-order valence-electron chi connectivity index (χ2n) is 4.68. The third-order valence-corrected chi connectivity index (χ3v) is 1.94. The normalized spacial score (nSPS) is 25.2. The van der Waals surface area contributed by atoms with E-state index in [4.69, 9.17) is 0 Å². The van der Waals surface area contributed by atoms with Crippen molar-refractivity contribution in [2.45, 2.75) is 33.7 Å². The summed E-state index contributed by atoms with van der Waals surface area (Å²) in [5, 5.41) is 3.12. The second kappa shape index (κ2) is 3.05. The molecule has 1 aliphatic heterocycles. The Morgan fingerprint density at radius 1 is 1.58 bits per heavy atom. The van der Waals surface area contributed by atoms with Gasteiger partial charge in [0.2, 0.25) is 5.91 Å². The van der Waals surface area contributed by atoms with E-state index in [1.54, 1.807) is 0 Å². The molecule has 1 amide bonds. The van der Waals surface area contributed by atoms with Gasteiger partial charge in [-0.1, -0.05) is 20.8 Å². The Bertz CT molecular complexity index is 183. The van der Waals surface area contributed by atoms with Gasteiger partial charge in [0, 0.05) is 6.54 Å². The number of hydrogen-bond donors (Lipinski definition) is 1. The minimum absolute atomic E-state index is 0.00681. The average Bonchev–Trinajstić information content (AvgIpc) is 2.16. The predicted octanol–water partition coefficient (Wildman–Crippen LogP) is 0.810. The fourth-order valence-electron chi connectivity index (χ4n) is 1.39. The van der Waals surface area contributed by atoms with Gasteiger partial charge in [0.25, 0.3) is 0 Å². The van der Waals surface area contributed by atoms with Crippen LogP contribution in [0.1, 0.15) is 27.7 Å². The lowest BCUT2D eigenvalue weighted by Crippen LogP contribution is -2.35. The zero-order valence-corrected chi connectivity index (χ0v) is 8.35. The van der Waals surface area contributed by atoms with Crippen LogP contribution in [0.3, 0.4) is 0 Å². The molecule has 1 unspecified atom stereocenters. The first kappa shape index (κ1) is 9.52. The third kappa shape index (κ3) is 2.21. The van der Waals surface area contributed by atoms with Crippen LogP contribution in [0.2, 0.25) is 0 Å². The highest BCUT2D eigenvalue weighted by molar-refractivity contribution is 5.83. The Hall–Kier alpha value is -0.570. The summed E-state index contributed by atoms with van der Waals surface area (Å²) in [5.74, 6) is 0.227. The van der Waals surface area contributed by atoms with Crippen LogP contribution in [0.5, 0.6) is 0 Å². The van der Waals surface area contributed by atoms with Gasteiger partial charge in [-0.3, -0.25) is 10.1 Å². The van der Waals surface area contributed by atoms with Crippen LogP contribution in [0.25, 0.3) is 0 Å². The molecule has 1 aliphatic rings. The van der Waals surface area contributed by atoms with E-state index in [0.717, 1.165) is 6.54 Å². The van der Waals surface area contributed by atoms with Crippen molar-refractivity contribution in [3.05, 3.63) is 0 Å². The van der Waals surface area contributed by atoms with Crippen molar-refractivity contribution < 1.29 is 4.79 Å². The first-order chi connectivity index (χ1) is 5.40. The highest BCUT2D eigenvalue weighted by atomic mass is 16.2. The number of rotatable bonds is 1. The standard InChI is InChI=1S/C9H18N2O/c1-7-8(12)11(6-10-7)5-9(2,3)4/h7,10H,5-6H2,1-4H3. The van der Waals surface area contributed by atoms with Crippen molar-refractivity contribution >= 4 is 5.91 Å². The molecule has 3 nitrogen and oxygen atoms in total. The summed E-state index contributed by atoms with van der Waals surface area (Å²) < 4.78 is 0. The molecule has 1 heterocycles. The smallest absolute Gasteiger partial charge is 0.240 e. The molecular formula is C9H18N2O. The van der Waals surface area contributed by atoms with Gasteiger partial charge in [-0.15, -0.1) is 0 Å². The van der Waals surface area contributed by atoms with Crippen LogP contribution in [0.4, 0.5) is 0 Å². The third-order valence-electron chi connectivity index (χ3n) is 1.94. The van der Waals surface area contributed by atoms with Crippen LogP contribution in [0.15, 0.2) is 0 Å². The number of nitrogens with zero attached hydrogens (tertiary/aromatic N) is 1. The van der Waals surface area contributed by atoms with Gasteiger partial charge in [0.1, 0.15) is 0 Å². The molecule has 1 fully saturated rings. The number of carbonyl (C=O) groups is 1. The van der Waals surface area contributed by atoms with Crippen molar-refractivity contribution in [2.75, 3.05) is 13.2 Å². The maximum absolute atomic E-state index is 11.4. The Morgan fingerprint density at radius 2 is 2.17 bits per heavy atom. The zero-order valence-electron chi connectivity index (χ0n) is 8.35. The molecule has 1 rings (SSSR count). The van der Waals surface area contributed by atoms with Crippen molar-refractivity contribution in [2.24, 2.45) is 5.41 Å². The molecule has 1 saturated heterocycles. The van der Waals surface area contributed by atoms with E-state index < -0.39 is 0 Å². The number of carbonyl (C=O) groups excluding carboxylic acids is 1. The second-order valence-corrected chi connectivity index (χ2v) is 4.68. The quantitative estimate of drug-likeness (QED) is 0.631. The molecule has 0 aromatic heterocycles. The van der Waals surface area contributed by atoms with E-state index in [1.165, 1.54) is 0 Å². The molecule has 0 radical (unpaired) electrons. The van der Waals surface area contributed by atoms with E-state index in [1.807, 2.05) is 11.8 Å². The minimum atomic E-state index is 0.00681. The van der Waals surface area contributed by atoms with Gasteiger partial charge in [-0.25, -0.2) is 0 Å². The van der Waals surface area contributed by atoms with Gasteiger partial charge in [-0.05, 0) is 12.3 Å². The Morgan fingerprint density at radius 3 is 2.50 bits per heavy atom. The molecule has 0 saturated carbocycles. The molecule has 0 spiro atoms. The van der Waals surface area contributed by atoms with Crippen molar-refractivity contribution in [3.8, 4) is 0 Å². The summed E-state index contributed by atoms with van der Waals surface area (Å²) in [7, 11) is 0. The highest BCUT2D eigenvalue weighted by Crippen LogP contribution is 2.17. The number of nitrogens with one attached hydrogen (secondary N) is 1. The van der Waals surface area contributed by atoms with Crippen LogP contribution < -0.4 is 5.32 Å². The average molecular weight is 170 g/mol. The number of hydrogen-bond acceptors (Lipinski definition) is 2. The molecule has 0 aliphatic carbocycles. The molecule has 0 bridgehead atoms. The summed E-state index contributed by atoms with van der Waals surface area (Å²) in [6.07, 6.45) is 0. The van der Waals surface area contributed by atoms with E-state index in [2.05, 4.69) is 26.1 Å². The topological polar surface area (TPSA) is 32.3 Å². The van der Waals surface area contributed by atoms with E-state index in [9.17, 15) is 4.79 Å². The van der Waals surface area contributed by atoms with E-state index >= 15 is 0 Å². The highest BCUT2D eigenvalue weighted by Gasteiger charge is 2.29. The largest absolute Gasteiger partial charge is 0.328 e. The van der Waals surface area contributed by atoms with Crippen molar-refractivity contribution in [1.29, 1.82) is 0 Å². The first-order valence-electron chi connectivity index (χ1n) is 4.42. The molecular weight excluding hydrogens is 152 g/mol. The van der Waals surface area contributed by atoms with Gasteiger partial charge in [0.05, 0.1) is 12.7 Å². The van der Waals surface area contributed by atoms with Crippen LogP contribution >= 0.6 is 0 Å². The summed E-state index contributed by atoms with van der Waals surface area (Å²) in [5.41, 5.74) is 0.196. The lowest BCUT2D eigenvalue weighted by Gasteiger charge is -2.25. The van der Waals surface area contributed by atoms with Crippen LogP contribution in [-0.4, -0.2) is 30.1 Å². The van der Waals surface area contributed by atoms with Crippen molar-refractivity contribution in [1.82, 2.24) is 10.2 Å². The number of amides is 1. The molecule has 1 N–H and O–H groups in total. The Kier molecular flexibility index (Phi) is 2.42. The summed E-state index contributed by atoms with van der Waals surface area (Å²) in [6.45, 7) is 9.88. The molecule has 0 aromatic rings. The van der Waals surface area contributed by atoms with Gasteiger partial charge in [-0.2, -0.15) is 0 Å². The Balaban J connectivity index is 2.50. The maximum Gasteiger partial charge on any atom is 0.240 e. The lowest BCUT2D eigenvalue weighted by molar-refractivity contribution is -0.129. The molecule has 12 heavy (non-hydrogen) atoms. The summed E-state index contributed by atoms with van der Waals surface area (Å²) in [4.78, 5) is 13.3.